The SMILES string of the molecule is Cc1ccccc1-c1cccc2c1sc1ccc(C3(C)c4ccccc4Oc4ccccc43)cc12. The third-order valence-corrected chi connectivity index (χ3v) is 8.80. The second-order valence-electron chi connectivity index (χ2n) is 9.53. The molecule has 1 aromatic heterocycles. The number of aryl methyl sites for hydroxylation is 1. The molecule has 1 aliphatic rings. The molecule has 1 nitrogen and oxygen atoms in total. The van der Waals surface area contributed by atoms with E-state index in [0.717, 1.165) is 11.5 Å². The summed E-state index contributed by atoms with van der Waals surface area (Å²) in [6, 6.07) is 39.3. The van der Waals surface area contributed by atoms with Crippen molar-refractivity contribution in [3.8, 4) is 22.6 Å². The highest BCUT2D eigenvalue weighted by atomic mass is 32.1. The van der Waals surface area contributed by atoms with Gasteiger partial charge in [0, 0.05) is 36.7 Å². The summed E-state index contributed by atoms with van der Waals surface area (Å²) >= 11 is 1.89. The van der Waals surface area contributed by atoms with Gasteiger partial charge in [-0.15, -0.1) is 11.3 Å². The topological polar surface area (TPSA) is 9.23 Å². The number of rotatable bonds is 2. The number of hydrogen-bond acceptors (Lipinski definition) is 2. The zero-order valence-corrected chi connectivity index (χ0v) is 20.5. The smallest absolute Gasteiger partial charge is 0.131 e. The minimum atomic E-state index is -0.304. The van der Waals surface area contributed by atoms with Crippen LogP contribution in [0, 0.1) is 6.92 Å². The number of benzene rings is 5. The second-order valence-corrected chi connectivity index (χ2v) is 10.6. The normalized spacial score (nSPS) is 13.9. The molecule has 0 spiro atoms. The average Bonchev–Trinajstić information content (AvgIpc) is 3.27. The van der Waals surface area contributed by atoms with Crippen molar-refractivity contribution in [1.82, 2.24) is 0 Å². The summed E-state index contributed by atoms with van der Waals surface area (Å²) < 4.78 is 8.99. The van der Waals surface area contributed by atoms with Crippen molar-refractivity contribution in [2.75, 3.05) is 0 Å². The molecule has 0 radical (unpaired) electrons. The standard InChI is InChI=1S/C33H24OS/c1-21-10-3-4-11-23(21)24-12-9-13-25-26-20-22(18-19-31(26)35-32(24)25)33(2)27-14-5-7-16-29(27)34-30-17-8-6-15-28(30)33/h3-20H,1-2H3. The highest BCUT2D eigenvalue weighted by Crippen LogP contribution is 2.52. The van der Waals surface area contributed by atoms with E-state index in [1.807, 2.05) is 11.3 Å². The van der Waals surface area contributed by atoms with Gasteiger partial charge in [0.15, 0.2) is 0 Å². The molecule has 0 saturated heterocycles. The summed E-state index contributed by atoms with van der Waals surface area (Å²) in [4.78, 5) is 0. The number of fused-ring (bicyclic) bond motifs is 5. The first-order valence-corrected chi connectivity index (χ1v) is 12.8. The molecule has 0 saturated carbocycles. The predicted octanol–water partition coefficient (Wildman–Crippen LogP) is 9.49. The Morgan fingerprint density at radius 3 is 2.03 bits per heavy atom. The third kappa shape index (κ3) is 2.93. The van der Waals surface area contributed by atoms with Crippen LogP contribution in [0.15, 0.2) is 109 Å². The molecule has 6 aromatic rings. The Hall–Kier alpha value is -3.88. The summed E-state index contributed by atoms with van der Waals surface area (Å²) in [5.41, 5.74) is 7.33. The zero-order chi connectivity index (χ0) is 23.6. The Bertz CT molecular complexity index is 1710. The molecule has 7 rings (SSSR count). The van der Waals surface area contributed by atoms with Gasteiger partial charge >= 0.3 is 0 Å². The first-order valence-electron chi connectivity index (χ1n) is 12.0. The van der Waals surface area contributed by atoms with Gasteiger partial charge in [0.25, 0.3) is 0 Å². The van der Waals surface area contributed by atoms with Gasteiger partial charge in [-0.1, -0.05) is 84.9 Å². The number of para-hydroxylation sites is 2. The summed E-state index contributed by atoms with van der Waals surface area (Å²) in [5, 5.41) is 2.64. The van der Waals surface area contributed by atoms with E-state index < -0.39 is 0 Å². The van der Waals surface area contributed by atoms with Crippen LogP contribution >= 0.6 is 11.3 Å². The van der Waals surface area contributed by atoms with Gasteiger partial charge in [-0.2, -0.15) is 0 Å². The average molecular weight is 469 g/mol. The lowest BCUT2D eigenvalue weighted by molar-refractivity contribution is 0.427. The lowest BCUT2D eigenvalue weighted by atomic mass is 9.69. The van der Waals surface area contributed by atoms with Crippen molar-refractivity contribution in [3.05, 3.63) is 131 Å². The first-order chi connectivity index (χ1) is 17.1. The summed E-state index contributed by atoms with van der Waals surface area (Å²) in [6.07, 6.45) is 0. The van der Waals surface area contributed by atoms with Crippen LogP contribution in [-0.4, -0.2) is 0 Å². The van der Waals surface area contributed by atoms with Gasteiger partial charge < -0.3 is 4.74 Å². The lowest BCUT2D eigenvalue weighted by Crippen LogP contribution is -2.29. The number of thiophene rings is 1. The van der Waals surface area contributed by atoms with Crippen LogP contribution < -0.4 is 4.74 Å². The quantitative estimate of drug-likeness (QED) is 0.246. The molecule has 0 atom stereocenters. The Kier molecular flexibility index (Phi) is 4.43. The molecule has 0 fully saturated rings. The molecule has 0 unspecified atom stereocenters. The van der Waals surface area contributed by atoms with Crippen LogP contribution in [0.3, 0.4) is 0 Å². The molecule has 35 heavy (non-hydrogen) atoms. The molecule has 2 heterocycles. The minimum absolute atomic E-state index is 0.304. The zero-order valence-electron chi connectivity index (χ0n) is 19.7. The fraction of sp³-hybridized carbons (Fsp3) is 0.0909. The van der Waals surface area contributed by atoms with E-state index >= 15 is 0 Å². The molecule has 0 bridgehead atoms. The molecule has 0 aliphatic carbocycles. The van der Waals surface area contributed by atoms with Gasteiger partial charge in [0.1, 0.15) is 11.5 Å². The third-order valence-electron chi connectivity index (χ3n) is 7.58. The van der Waals surface area contributed by atoms with Gasteiger partial charge in [0.05, 0.1) is 0 Å². The van der Waals surface area contributed by atoms with Crippen molar-refractivity contribution in [2.45, 2.75) is 19.3 Å². The molecule has 0 amide bonds. The molecule has 1 aliphatic heterocycles. The molecule has 2 heteroatoms. The van der Waals surface area contributed by atoms with Crippen molar-refractivity contribution in [1.29, 1.82) is 0 Å². The van der Waals surface area contributed by atoms with Crippen LogP contribution in [0.2, 0.25) is 0 Å². The predicted molar refractivity (Wildman–Crippen MR) is 148 cm³/mol. The number of ether oxygens (including phenoxy) is 1. The van der Waals surface area contributed by atoms with Crippen molar-refractivity contribution in [2.24, 2.45) is 0 Å². The molecular weight excluding hydrogens is 444 g/mol. The molecule has 0 N–H and O–H groups in total. The maximum absolute atomic E-state index is 6.32. The highest BCUT2D eigenvalue weighted by Gasteiger charge is 2.39. The summed E-state index contributed by atoms with van der Waals surface area (Å²) in [7, 11) is 0. The fourth-order valence-electron chi connectivity index (χ4n) is 5.71. The van der Waals surface area contributed by atoms with Crippen molar-refractivity contribution >= 4 is 31.5 Å². The van der Waals surface area contributed by atoms with Gasteiger partial charge in [-0.25, -0.2) is 0 Å². The second kappa shape index (κ2) is 7.56. The highest BCUT2D eigenvalue weighted by molar-refractivity contribution is 7.26. The number of hydrogen-bond donors (Lipinski definition) is 0. The molecule has 5 aromatic carbocycles. The Labute approximate surface area is 209 Å². The molecular formula is C33H24OS. The van der Waals surface area contributed by atoms with Crippen LogP contribution in [0.5, 0.6) is 11.5 Å². The first kappa shape index (κ1) is 20.5. The Balaban J connectivity index is 1.50. The van der Waals surface area contributed by atoms with Gasteiger partial charge in [-0.05, 0) is 60.4 Å². The fourth-order valence-corrected chi connectivity index (χ4v) is 6.92. The largest absolute Gasteiger partial charge is 0.457 e. The van der Waals surface area contributed by atoms with E-state index in [4.69, 9.17) is 4.74 Å². The van der Waals surface area contributed by atoms with Gasteiger partial charge in [0.2, 0.25) is 0 Å². The maximum atomic E-state index is 6.32. The Morgan fingerprint density at radius 2 is 1.29 bits per heavy atom. The van der Waals surface area contributed by atoms with E-state index in [9.17, 15) is 0 Å². The van der Waals surface area contributed by atoms with Crippen molar-refractivity contribution < 1.29 is 4.74 Å². The van der Waals surface area contributed by atoms with E-state index in [2.05, 4.69) is 123 Å². The van der Waals surface area contributed by atoms with E-state index in [-0.39, 0.29) is 5.41 Å². The summed E-state index contributed by atoms with van der Waals surface area (Å²) in [6.45, 7) is 4.53. The van der Waals surface area contributed by atoms with Gasteiger partial charge in [-0.3, -0.25) is 0 Å². The monoisotopic (exact) mass is 468 g/mol. The lowest BCUT2D eigenvalue weighted by Gasteiger charge is -2.38. The van der Waals surface area contributed by atoms with Crippen LogP contribution in [0.4, 0.5) is 0 Å². The molecule has 168 valence electrons. The van der Waals surface area contributed by atoms with Crippen molar-refractivity contribution in [3.63, 3.8) is 0 Å². The summed E-state index contributed by atoms with van der Waals surface area (Å²) in [5.74, 6) is 1.87. The van der Waals surface area contributed by atoms with E-state index in [1.165, 1.54) is 53.6 Å². The Morgan fingerprint density at radius 1 is 0.629 bits per heavy atom. The van der Waals surface area contributed by atoms with E-state index in [1.54, 1.807) is 0 Å². The minimum Gasteiger partial charge on any atom is -0.457 e. The van der Waals surface area contributed by atoms with Crippen LogP contribution in [-0.2, 0) is 5.41 Å². The van der Waals surface area contributed by atoms with E-state index in [0.29, 0.717) is 0 Å². The maximum Gasteiger partial charge on any atom is 0.131 e. The van der Waals surface area contributed by atoms with Crippen LogP contribution in [0.1, 0.15) is 29.2 Å². The van der Waals surface area contributed by atoms with Crippen LogP contribution in [0.25, 0.3) is 31.3 Å².